The highest BCUT2D eigenvalue weighted by atomic mass is 35.5. The summed E-state index contributed by atoms with van der Waals surface area (Å²) in [5, 5.41) is 0.748. The lowest BCUT2D eigenvalue weighted by Gasteiger charge is -2.35. The van der Waals surface area contributed by atoms with Gasteiger partial charge in [-0.15, -0.1) is 0 Å². The van der Waals surface area contributed by atoms with Crippen LogP contribution in [0, 0.1) is 0 Å². The highest BCUT2D eigenvalue weighted by Gasteiger charge is 2.33. The van der Waals surface area contributed by atoms with E-state index in [4.69, 9.17) is 11.6 Å². The summed E-state index contributed by atoms with van der Waals surface area (Å²) in [6.07, 6.45) is 0. The van der Waals surface area contributed by atoms with Gasteiger partial charge in [0.05, 0.1) is 31.1 Å². The number of benzene rings is 2. The Kier molecular flexibility index (Phi) is 6.01. The predicted octanol–water partition coefficient (Wildman–Crippen LogP) is 2.19. The molecule has 3 rings (SSSR count). The minimum Gasteiger partial charge on any atom is -0.327 e. The highest BCUT2D eigenvalue weighted by Crippen LogP contribution is 2.21. The molecule has 1 aliphatic rings. The zero-order valence-electron chi connectivity index (χ0n) is 15.5. The third kappa shape index (κ3) is 4.24. The Bertz CT molecular complexity index is 920. The summed E-state index contributed by atoms with van der Waals surface area (Å²) in [4.78, 5) is 12.9. The summed E-state index contributed by atoms with van der Waals surface area (Å²) >= 11 is 6.31. The highest BCUT2D eigenvalue weighted by molar-refractivity contribution is 7.89. The molecule has 1 N–H and O–H groups in total. The fraction of sp³-hybridized carbons (Fsp3) is 0.350. The van der Waals surface area contributed by atoms with E-state index in [1.165, 1.54) is 28.3 Å². The van der Waals surface area contributed by atoms with Gasteiger partial charge < -0.3 is 4.90 Å². The van der Waals surface area contributed by atoms with Gasteiger partial charge in [0.2, 0.25) is 10.0 Å². The Morgan fingerprint density at radius 1 is 1.07 bits per heavy atom. The molecule has 1 heterocycles. The Balaban J connectivity index is 1.69. The molecule has 1 atom stereocenters. The van der Waals surface area contributed by atoms with Crippen LogP contribution in [0.2, 0.25) is 5.02 Å². The molecule has 27 heavy (non-hydrogen) atoms. The first-order chi connectivity index (χ1) is 12.8. The fourth-order valence-corrected chi connectivity index (χ4v) is 5.24. The molecule has 2 aromatic rings. The van der Waals surface area contributed by atoms with E-state index >= 15 is 0 Å². The van der Waals surface area contributed by atoms with Crippen molar-refractivity contribution < 1.29 is 18.1 Å². The van der Waals surface area contributed by atoms with Crippen molar-refractivity contribution in [3.05, 3.63) is 64.7 Å². The number of nitrogens with zero attached hydrogens (tertiary/aromatic N) is 1. The van der Waals surface area contributed by atoms with Crippen molar-refractivity contribution in [1.82, 2.24) is 4.31 Å². The number of ketones is 1. The standard InChI is InChI=1S/C20H23ClN2O3S/c1-15(19-5-3-4-6-20(19)21)22-11-13-23(14-12-22)27(25,26)18-9-7-17(8-10-18)16(2)24/h3-10,15H,11-14H2,1-2H3/p+1/t15-/m0/s1. The number of carbonyl (C=O) groups excluding carboxylic acids is 1. The molecule has 144 valence electrons. The van der Waals surface area contributed by atoms with Crippen molar-refractivity contribution in [2.24, 2.45) is 0 Å². The summed E-state index contributed by atoms with van der Waals surface area (Å²) in [6, 6.07) is 14.2. The van der Waals surface area contributed by atoms with Crippen LogP contribution in [0.3, 0.4) is 0 Å². The van der Waals surface area contributed by atoms with Crippen LogP contribution in [-0.4, -0.2) is 44.7 Å². The normalized spacial score (nSPS) is 17.6. The first-order valence-corrected chi connectivity index (χ1v) is 10.8. The number of carbonyl (C=O) groups is 1. The van der Waals surface area contributed by atoms with Crippen molar-refractivity contribution in [3.8, 4) is 0 Å². The molecule has 0 amide bonds. The maximum atomic E-state index is 12.9. The molecule has 0 radical (unpaired) electrons. The number of rotatable bonds is 5. The van der Waals surface area contributed by atoms with E-state index in [9.17, 15) is 13.2 Å². The zero-order chi connectivity index (χ0) is 19.6. The second kappa shape index (κ2) is 8.10. The lowest BCUT2D eigenvalue weighted by atomic mass is 10.1. The topological polar surface area (TPSA) is 58.9 Å². The molecule has 0 spiro atoms. The SMILES string of the molecule is CC(=O)c1ccc(S(=O)(=O)N2CC[NH+]([C@@H](C)c3ccccc3Cl)CC2)cc1. The van der Waals surface area contributed by atoms with Gasteiger partial charge in [-0.2, -0.15) is 4.31 Å². The molecular weight excluding hydrogens is 384 g/mol. The molecule has 0 aliphatic carbocycles. The van der Waals surface area contributed by atoms with E-state index in [0.717, 1.165) is 23.7 Å². The van der Waals surface area contributed by atoms with Crippen molar-refractivity contribution in [2.45, 2.75) is 24.8 Å². The number of hydrogen-bond acceptors (Lipinski definition) is 3. The van der Waals surface area contributed by atoms with Gasteiger partial charge in [0.25, 0.3) is 0 Å². The Morgan fingerprint density at radius 3 is 2.22 bits per heavy atom. The summed E-state index contributed by atoms with van der Waals surface area (Å²) in [5.41, 5.74) is 1.60. The molecule has 1 saturated heterocycles. The zero-order valence-corrected chi connectivity index (χ0v) is 17.1. The lowest BCUT2D eigenvalue weighted by Crippen LogP contribution is -3.14. The van der Waals surface area contributed by atoms with E-state index in [0.29, 0.717) is 18.7 Å². The van der Waals surface area contributed by atoms with Gasteiger partial charge >= 0.3 is 0 Å². The van der Waals surface area contributed by atoms with Gasteiger partial charge in [0.1, 0.15) is 6.04 Å². The van der Waals surface area contributed by atoms with Crippen molar-refractivity contribution in [1.29, 1.82) is 0 Å². The van der Waals surface area contributed by atoms with Gasteiger partial charge in [0.15, 0.2) is 5.78 Å². The Morgan fingerprint density at radius 2 is 1.67 bits per heavy atom. The van der Waals surface area contributed by atoms with E-state index in [-0.39, 0.29) is 16.7 Å². The largest absolute Gasteiger partial charge is 0.327 e. The molecule has 5 nitrogen and oxygen atoms in total. The number of Topliss-reactive ketones (excluding diaryl/α,β-unsaturated/α-hetero) is 1. The molecule has 0 bridgehead atoms. The molecule has 1 aliphatic heterocycles. The van der Waals surface area contributed by atoms with Crippen LogP contribution in [0.15, 0.2) is 53.4 Å². The van der Waals surface area contributed by atoms with Gasteiger partial charge in [-0.05, 0) is 32.0 Å². The van der Waals surface area contributed by atoms with Crippen molar-refractivity contribution >= 4 is 27.4 Å². The fourth-order valence-electron chi connectivity index (χ4n) is 3.50. The van der Waals surface area contributed by atoms with Crippen molar-refractivity contribution in [3.63, 3.8) is 0 Å². The van der Waals surface area contributed by atoms with Crippen LogP contribution in [0.25, 0.3) is 0 Å². The number of halogens is 1. The third-order valence-electron chi connectivity index (χ3n) is 5.25. The van der Waals surface area contributed by atoms with Gasteiger partial charge in [-0.25, -0.2) is 8.42 Å². The molecule has 1 fully saturated rings. The molecule has 2 aromatic carbocycles. The number of nitrogens with one attached hydrogen (secondary N) is 1. The minimum atomic E-state index is -3.54. The molecule has 0 saturated carbocycles. The first kappa shape index (κ1) is 20.0. The molecular formula is C20H24ClN2O3S+. The first-order valence-electron chi connectivity index (χ1n) is 9.01. The second-order valence-electron chi connectivity index (χ2n) is 6.89. The van der Waals surface area contributed by atoms with E-state index in [1.807, 2.05) is 24.3 Å². The van der Waals surface area contributed by atoms with Crippen LogP contribution in [0.5, 0.6) is 0 Å². The lowest BCUT2D eigenvalue weighted by molar-refractivity contribution is -0.933. The van der Waals surface area contributed by atoms with E-state index in [2.05, 4.69) is 6.92 Å². The van der Waals surface area contributed by atoms with E-state index in [1.54, 1.807) is 12.1 Å². The van der Waals surface area contributed by atoms with Gasteiger partial charge in [-0.1, -0.05) is 41.9 Å². The molecule has 0 unspecified atom stereocenters. The summed E-state index contributed by atoms with van der Waals surface area (Å²) in [7, 11) is -3.54. The van der Waals surface area contributed by atoms with Crippen LogP contribution in [0.4, 0.5) is 0 Å². The average Bonchev–Trinajstić information content (AvgIpc) is 2.68. The van der Waals surface area contributed by atoms with Gasteiger partial charge in [-0.3, -0.25) is 4.79 Å². The van der Waals surface area contributed by atoms with Gasteiger partial charge in [0, 0.05) is 16.1 Å². The smallest absolute Gasteiger partial charge is 0.243 e. The number of quaternary nitrogens is 1. The Hall–Kier alpha value is -1.73. The van der Waals surface area contributed by atoms with Crippen LogP contribution < -0.4 is 4.90 Å². The average molecular weight is 408 g/mol. The van der Waals surface area contributed by atoms with E-state index < -0.39 is 10.0 Å². The quantitative estimate of drug-likeness (QED) is 0.773. The van der Waals surface area contributed by atoms with Crippen LogP contribution in [-0.2, 0) is 10.0 Å². The Labute approximate surface area is 165 Å². The second-order valence-corrected chi connectivity index (χ2v) is 9.23. The van der Waals surface area contributed by atoms with Crippen LogP contribution in [0.1, 0.15) is 35.8 Å². The third-order valence-corrected chi connectivity index (χ3v) is 7.50. The van der Waals surface area contributed by atoms with Crippen LogP contribution >= 0.6 is 11.6 Å². The number of hydrogen-bond donors (Lipinski definition) is 1. The summed E-state index contributed by atoms with van der Waals surface area (Å²) < 4.78 is 27.3. The maximum absolute atomic E-state index is 12.9. The monoisotopic (exact) mass is 407 g/mol. The molecule has 0 aromatic heterocycles. The minimum absolute atomic E-state index is 0.0790. The predicted molar refractivity (Wildman–Crippen MR) is 106 cm³/mol. The molecule has 7 heteroatoms. The summed E-state index contributed by atoms with van der Waals surface area (Å²) in [5.74, 6) is -0.0790. The number of piperazine rings is 1. The number of sulfonamides is 1. The summed E-state index contributed by atoms with van der Waals surface area (Å²) in [6.45, 7) is 5.95. The maximum Gasteiger partial charge on any atom is 0.243 e. The van der Waals surface area contributed by atoms with Crippen molar-refractivity contribution in [2.75, 3.05) is 26.2 Å².